The molecule has 3 aromatic rings. The number of thiophene rings is 1. The molecule has 0 radical (unpaired) electrons. The molecule has 28 heavy (non-hydrogen) atoms. The van der Waals surface area contributed by atoms with E-state index in [1.807, 2.05) is 11.8 Å². The fourth-order valence-corrected chi connectivity index (χ4v) is 4.52. The highest BCUT2D eigenvalue weighted by Crippen LogP contribution is 2.35. The lowest BCUT2D eigenvalue weighted by Gasteiger charge is -2.36. The molecule has 0 aliphatic carbocycles. The first-order valence-corrected chi connectivity index (χ1v) is 9.83. The molecule has 1 saturated heterocycles. The number of rotatable bonds is 2. The Bertz CT molecular complexity index is 1010. The summed E-state index contributed by atoms with van der Waals surface area (Å²) in [6.45, 7) is 8.88. The molecule has 0 spiro atoms. The van der Waals surface area contributed by atoms with Crippen LogP contribution in [0.4, 0.5) is 24.8 Å². The van der Waals surface area contributed by atoms with E-state index in [4.69, 9.17) is 4.98 Å². The van der Waals surface area contributed by atoms with Crippen LogP contribution in [-0.4, -0.2) is 41.1 Å². The summed E-state index contributed by atoms with van der Waals surface area (Å²) >= 11 is 1.68. The van der Waals surface area contributed by atoms with E-state index in [9.17, 15) is 13.2 Å². The predicted molar refractivity (Wildman–Crippen MR) is 105 cm³/mol. The average Bonchev–Trinajstić information content (AvgIpc) is 2.94. The van der Waals surface area contributed by atoms with Gasteiger partial charge in [0.25, 0.3) is 0 Å². The predicted octanol–water partition coefficient (Wildman–Crippen LogP) is 4.36. The zero-order valence-corrected chi connectivity index (χ0v) is 16.7. The Kier molecular flexibility index (Phi) is 4.65. The van der Waals surface area contributed by atoms with Crippen molar-refractivity contribution in [1.82, 2.24) is 15.0 Å². The second-order valence-electron chi connectivity index (χ2n) is 6.93. The third-order valence-electron chi connectivity index (χ3n) is 5.10. The van der Waals surface area contributed by atoms with E-state index >= 15 is 0 Å². The normalized spacial score (nSPS) is 15.5. The summed E-state index contributed by atoms with van der Waals surface area (Å²) in [6, 6.07) is 2.53. The van der Waals surface area contributed by atoms with Crippen LogP contribution in [0.25, 0.3) is 10.2 Å². The molecular formula is C19H20F3N5S. The fourth-order valence-electron chi connectivity index (χ4n) is 3.45. The van der Waals surface area contributed by atoms with Crippen molar-refractivity contribution in [3.63, 3.8) is 0 Å². The minimum atomic E-state index is -4.36. The summed E-state index contributed by atoms with van der Waals surface area (Å²) < 4.78 is 38.2. The highest BCUT2D eigenvalue weighted by Gasteiger charge is 2.31. The van der Waals surface area contributed by atoms with Gasteiger partial charge in [0, 0.05) is 37.3 Å². The maximum absolute atomic E-state index is 12.7. The molecule has 1 aliphatic heterocycles. The average molecular weight is 407 g/mol. The third kappa shape index (κ3) is 3.39. The monoisotopic (exact) mass is 407 g/mol. The van der Waals surface area contributed by atoms with Crippen molar-refractivity contribution < 1.29 is 13.2 Å². The highest BCUT2D eigenvalue weighted by atomic mass is 32.1. The van der Waals surface area contributed by atoms with Crippen molar-refractivity contribution >= 4 is 33.2 Å². The van der Waals surface area contributed by atoms with Gasteiger partial charge in [0.2, 0.25) is 0 Å². The number of anilines is 2. The van der Waals surface area contributed by atoms with Gasteiger partial charge in [0.15, 0.2) is 0 Å². The second-order valence-corrected chi connectivity index (χ2v) is 8.14. The van der Waals surface area contributed by atoms with E-state index in [0.29, 0.717) is 18.9 Å². The van der Waals surface area contributed by atoms with E-state index in [1.165, 1.54) is 16.5 Å². The molecule has 9 heteroatoms. The van der Waals surface area contributed by atoms with Crippen molar-refractivity contribution in [2.75, 3.05) is 36.0 Å². The fraction of sp³-hybridized carbons (Fsp3) is 0.421. The molecular weight excluding hydrogens is 387 g/mol. The minimum Gasteiger partial charge on any atom is -0.353 e. The van der Waals surface area contributed by atoms with Crippen molar-refractivity contribution in [2.24, 2.45) is 0 Å². The van der Waals surface area contributed by atoms with Gasteiger partial charge in [0.1, 0.15) is 22.3 Å². The lowest BCUT2D eigenvalue weighted by Crippen LogP contribution is -2.47. The van der Waals surface area contributed by atoms with Crippen molar-refractivity contribution in [2.45, 2.75) is 26.9 Å². The molecule has 0 atom stereocenters. The number of nitrogens with zero attached hydrogens (tertiary/aromatic N) is 5. The number of pyridine rings is 1. The Hall–Kier alpha value is -2.42. The van der Waals surface area contributed by atoms with Crippen LogP contribution in [0.15, 0.2) is 18.3 Å². The van der Waals surface area contributed by atoms with Gasteiger partial charge in [-0.1, -0.05) is 0 Å². The zero-order valence-electron chi connectivity index (χ0n) is 15.8. The number of hydrogen-bond donors (Lipinski definition) is 0. The van der Waals surface area contributed by atoms with Gasteiger partial charge in [-0.05, 0) is 38.5 Å². The number of aromatic nitrogens is 3. The van der Waals surface area contributed by atoms with Crippen LogP contribution in [0.3, 0.4) is 0 Å². The van der Waals surface area contributed by atoms with Crippen LogP contribution >= 0.6 is 11.3 Å². The lowest BCUT2D eigenvalue weighted by atomic mass is 10.2. The molecule has 1 fully saturated rings. The second kappa shape index (κ2) is 6.88. The first-order chi connectivity index (χ1) is 13.2. The number of fused-ring (bicyclic) bond motifs is 1. The summed E-state index contributed by atoms with van der Waals surface area (Å²) in [4.78, 5) is 19.8. The molecule has 0 amide bonds. The Balaban J connectivity index is 1.54. The van der Waals surface area contributed by atoms with Gasteiger partial charge in [0.05, 0.1) is 10.9 Å². The summed E-state index contributed by atoms with van der Waals surface area (Å²) in [6.07, 6.45) is -3.46. The zero-order chi connectivity index (χ0) is 20.1. The van der Waals surface area contributed by atoms with Crippen LogP contribution < -0.4 is 9.80 Å². The highest BCUT2D eigenvalue weighted by molar-refractivity contribution is 7.18. The SMILES string of the molecule is Cc1nc(N2CCN(c3ccc(C(F)(F)F)cn3)CC2)c2c(C)c(C)sc2n1. The Labute approximate surface area is 164 Å². The number of alkyl halides is 3. The quantitative estimate of drug-likeness (QED) is 0.632. The van der Waals surface area contributed by atoms with Gasteiger partial charge in [-0.2, -0.15) is 13.2 Å². The van der Waals surface area contributed by atoms with Gasteiger partial charge < -0.3 is 9.80 Å². The van der Waals surface area contributed by atoms with Gasteiger partial charge >= 0.3 is 6.18 Å². The molecule has 0 bridgehead atoms. The largest absolute Gasteiger partial charge is 0.417 e. The van der Waals surface area contributed by atoms with Crippen molar-refractivity contribution in [3.8, 4) is 0 Å². The topological polar surface area (TPSA) is 45.2 Å². The third-order valence-corrected chi connectivity index (χ3v) is 6.20. The number of halogens is 3. The summed E-state index contributed by atoms with van der Waals surface area (Å²) in [5, 5.41) is 1.11. The molecule has 148 valence electrons. The molecule has 0 saturated carbocycles. The maximum atomic E-state index is 12.7. The summed E-state index contributed by atoms with van der Waals surface area (Å²) in [5.41, 5.74) is 0.485. The number of hydrogen-bond acceptors (Lipinski definition) is 6. The number of piperazine rings is 1. The molecule has 1 aliphatic rings. The van der Waals surface area contributed by atoms with Gasteiger partial charge in [-0.15, -0.1) is 11.3 Å². The standard InChI is InChI=1S/C19H20F3N5S/c1-11-12(2)28-18-16(11)17(24-13(3)25-18)27-8-6-26(7-9-27)15-5-4-14(10-23-15)19(20,21)22/h4-5,10H,6-9H2,1-3H3. The smallest absolute Gasteiger partial charge is 0.353 e. The van der Waals surface area contributed by atoms with Gasteiger partial charge in [-0.25, -0.2) is 15.0 Å². The Morgan fingerprint density at radius 3 is 2.25 bits per heavy atom. The van der Waals surface area contributed by atoms with Crippen LogP contribution in [0.5, 0.6) is 0 Å². The molecule has 5 nitrogen and oxygen atoms in total. The summed E-state index contributed by atoms with van der Waals surface area (Å²) in [5.74, 6) is 2.26. The first kappa shape index (κ1) is 18.9. The van der Waals surface area contributed by atoms with E-state index in [-0.39, 0.29) is 0 Å². The van der Waals surface area contributed by atoms with Crippen LogP contribution in [-0.2, 0) is 6.18 Å². The van der Waals surface area contributed by atoms with Crippen LogP contribution in [0, 0.1) is 20.8 Å². The van der Waals surface area contributed by atoms with Crippen LogP contribution in [0.1, 0.15) is 21.8 Å². The number of aryl methyl sites for hydroxylation is 3. The maximum Gasteiger partial charge on any atom is 0.417 e. The minimum absolute atomic E-state index is 0.569. The van der Waals surface area contributed by atoms with E-state index in [1.54, 1.807) is 11.3 Å². The molecule has 3 aromatic heterocycles. The van der Waals surface area contributed by atoms with Crippen molar-refractivity contribution in [1.29, 1.82) is 0 Å². The van der Waals surface area contributed by atoms with Gasteiger partial charge in [-0.3, -0.25) is 0 Å². The Morgan fingerprint density at radius 2 is 1.64 bits per heavy atom. The van der Waals surface area contributed by atoms with E-state index in [0.717, 1.165) is 47.2 Å². The van der Waals surface area contributed by atoms with E-state index in [2.05, 4.69) is 28.7 Å². The summed E-state index contributed by atoms with van der Waals surface area (Å²) in [7, 11) is 0. The first-order valence-electron chi connectivity index (χ1n) is 9.01. The molecule has 0 unspecified atom stereocenters. The van der Waals surface area contributed by atoms with Crippen LogP contribution in [0.2, 0.25) is 0 Å². The lowest BCUT2D eigenvalue weighted by molar-refractivity contribution is -0.137. The molecule has 0 aromatic carbocycles. The van der Waals surface area contributed by atoms with E-state index < -0.39 is 11.7 Å². The molecule has 0 N–H and O–H groups in total. The Morgan fingerprint density at radius 1 is 0.964 bits per heavy atom. The molecule has 4 heterocycles. The van der Waals surface area contributed by atoms with Crippen molar-refractivity contribution in [3.05, 3.63) is 40.2 Å². The molecule has 4 rings (SSSR count).